The van der Waals surface area contributed by atoms with Gasteiger partial charge in [0.15, 0.2) is 17.5 Å². The molecule has 1 aliphatic heterocycles. The fraction of sp³-hybridized carbons (Fsp3) is 0.235. The molecule has 0 saturated carbocycles. The maximum atomic E-state index is 12.0. The zero-order valence-corrected chi connectivity index (χ0v) is 12.5. The molecule has 1 heterocycles. The minimum Gasteiger partial charge on any atom is -0.507 e. The summed E-state index contributed by atoms with van der Waals surface area (Å²) in [4.78, 5) is 35.5. The Balaban J connectivity index is 2.22. The van der Waals surface area contributed by atoms with Crippen LogP contribution in [0, 0.1) is 19.8 Å². The molecule has 1 aromatic carbocycles. The van der Waals surface area contributed by atoms with Crippen LogP contribution < -0.4 is 0 Å². The maximum absolute atomic E-state index is 12.0. The zero-order valence-electron chi connectivity index (χ0n) is 12.5. The summed E-state index contributed by atoms with van der Waals surface area (Å²) < 4.78 is 4.81. The molecular weight excluding hydrogens is 284 g/mol. The number of carbonyl (C=O) groups excluding carboxylic acids is 3. The molecule has 1 aliphatic rings. The Labute approximate surface area is 127 Å². The van der Waals surface area contributed by atoms with Crippen LogP contribution in [0.4, 0.5) is 0 Å². The van der Waals surface area contributed by atoms with Gasteiger partial charge < -0.3 is 9.84 Å². The molecule has 22 heavy (non-hydrogen) atoms. The van der Waals surface area contributed by atoms with E-state index in [4.69, 9.17) is 4.74 Å². The SMILES string of the molecule is CC1=CC(=O)C(C(=O)/C=C/c2cc(C)c(O)c(C)c2)C(=O)O1. The first kappa shape index (κ1) is 15.7. The average Bonchev–Trinajstić information content (AvgIpc) is 2.41. The van der Waals surface area contributed by atoms with Crippen LogP contribution in [0.2, 0.25) is 0 Å². The quantitative estimate of drug-likeness (QED) is 0.526. The third-order valence-corrected chi connectivity index (χ3v) is 3.37. The van der Waals surface area contributed by atoms with Gasteiger partial charge in [0.05, 0.1) is 0 Å². The number of esters is 1. The fourth-order valence-electron chi connectivity index (χ4n) is 2.26. The molecule has 0 bridgehead atoms. The number of allylic oxidation sites excluding steroid dienone is 3. The van der Waals surface area contributed by atoms with Crippen LogP contribution >= 0.6 is 0 Å². The normalized spacial score (nSPS) is 18.3. The molecule has 5 heteroatoms. The number of ether oxygens (including phenoxy) is 1. The number of aromatic hydroxyl groups is 1. The highest BCUT2D eigenvalue weighted by molar-refractivity contribution is 6.25. The molecule has 0 spiro atoms. The van der Waals surface area contributed by atoms with Crippen LogP contribution in [-0.2, 0) is 19.1 Å². The predicted octanol–water partition coefficient (Wildman–Crippen LogP) is 2.24. The lowest BCUT2D eigenvalue weighted by Crippen LogP contribution is -2.34. The van der Waals surface area contributed by atoms with E-state index in [2.05, 4.69) is 0 Å². The molecule has 2 rings (SSSR count). The number of hydrogen-bond acceptors (Lipinski definition) is 5. The Morgan fingerprint density at radius 1 is 1.18 bits per heavy atom. The first-order chi connectivity index (χ1) is 10.3. The van der Waals surface area contributed by atoms with Crippen molar-refractivity contribution in [3.05, 3.63) is 46.7 Å². The Hall–Kier alpha value is -2.69. The number of carbonyl (C=O) groups is 3. The number of ketones is 2. The van der Waals surface area contributed by atoms with Crippen LogP contribution in [0.5, 0.6) is 5.75 Å². The molecule has 1 aromatic rings. The van der Waals surface area contributed by atoms with E-state index >= 15 is 0 Å². The van der Waals surface area contributed by atoms with Crippen molar-refractivity contribution >= 4 is 23.6 Å². The van der Waals surface area contributed by atoms with Gasteiger partial charge in [0, 0.05) is 6.08 Å². The van der Waals surface area contributed by atoms with Gasteiger partial charge in [-0.1, -0.05) is 6.08 Å². The molecule has 5 nitrogen and oxygen atoms in total. The van der Waals surface area contributed by atoms with E-state index in [-0.39, 0.29) is 11.5 Å². The predicted molar refractivity (Wildman–Crippen MR) is 80.0 cm³/mol. The Bertz CT molecular complexity index is 702. The van der Waals surface area contributed by atoms with Crippen molar-refractivity contribution in [1.82, 2.24) is 0 Å². The molecule has 0 aliphatic carbocycles. The third kappa shape index (κ3) is 3.14. The van der Waals surface area contributed by atoms with Crippen LogP contribution in [0.1, 0.15) is 23.6 Å². The molecule has 0 radical (unpaired) electrons. The second-order valence-electron chi connectivity index (χ2n) is 5.25. The number of phenolic OH excluding ortho intramolecular Hbond substituents is 1. The smallest absolute Gasteiger partial charge is 0.329 e. The number of rotatable bonds is 3. The summed E-state index contributed by atoms with van der Waals surface area (Å²) in [6.07, 6.45) is 3.84. The summed E-state index contributed by atoms with van der Waals surface area (Å²) in [5.74, 6) is -3.08. The van der Waals surface area contributed by atoms with E-state index in [9.17, 15) is 19.5 Å². The highest BCUT2D eigenvalue weighted by Crippen LogP contribution is 2.24. The van der Waals surface area contributed by atoms with Crippen molar-refractivity contribution in [2.45, 2.75) is 20.8 Å². The molecular formula is C17H16O5. The minimum absolute atomic E-state index is 0.188. The van der Waals surface area contributed by atoms with Crippen LogP contribution in [0.3, 0.4) is 0 Å². The number of cyclic esters (lactones) is 1. The fourth-order valence-corrected chi connectivity index (χ4v) is 2.26. The lowest BCUT2D eigenvalue weighted by molar-refractivity contribution is -0.151. The monoisotopic (exact) mass is 300 g/mol. The Morgan fingerprint density at radius 3 is 2.32 bits per heavy atom. The molecule has 114 valence electrons. The van der Waals surface area contributed by atoms with Gasteiger partial charge in [-0.05, 0) is 55.7 Å². The number of phenols is 1. The standard InChI is InChI=1S/C17H16O5/c1-9-6-12(7-10(2)16(9)20)4-5-13(18)15-14(19)8-11(3)22-17(15)21/h4-8,15,20H,1-3H3/b5-4+. The molecule has 0 aromatic heterocycles. The van der Waals surface area contributed by atoms with Crippen molar-refractivity contribution in [3.63, 3.8) is 0 Å². The van der Waals surface area contributed by atoms with Gasteiger partial charge in [-0.25, -0.2) is 0 Å². The number of aryl methyl sites for hydroxylation is 2. The minimum atomic E-state index is -1.43. The number of hydrogen-bond donors (Lipinski definition) is 1. The zero-order chi connectivity index (χ0) is 16.4. The molecule has 0 amide bonds. The lowest BCUT2D eigenvalue weighted by atomic mass is 9.95. The molecule has 1 N–H and O–H groups in total. The van der Waals surface area contributed by atoms with Crippen LogP contribution in [0.25, 0.3) is 6.08 Å². The van der Waals surface area contributed by atoms with Gasteiger partial charge in [-0.15, -0.1) is 0 Å². The summed E-state index contributed by atoms with van der Waals surface area (Å²) in [5.41, 5.74) is 2.06. The summed E-state index contributed by atoms with van der Waals surface area (Å²) in [6.45, 7) is 4.97. The third-order valence-electron chi connectivity index (χ3n) is 3.37. The second kappa shape index (κ2) is 5.97. The van der Waals surface area contributed by atoms with Crippen molar-refractivity contribution in [3.8, 4) is 5.75 Å². The van der Waals surface area contributed by atoms with Gasteiger partial charge in [-0.2, -0.15) is 0 Å². The van der Waals surface area contributed by atoms with E-state index in [0.717, 1.165) is 6.08 Å². The summed E-state index contributed by atoms with van der Waals surface area (Å²) in [7, 11) is 0. The van der Waals surface area contributed by atoms with Gasteiger partial charge in [0.25, 0.3) is 0 Å². The van der Waals surface area contributed by atoms with E-state index in [1.807, 2.05) is 0 Å². The van der Waals surface area contributed by atoms with E-state index in [0.29, 0.717) is 16.7 Å². The molecule has 0 saturated heterocycles. The lowest BCUT2D eigenvalue weighted by Gasteiger charge is -2.15. The van der Waals surface area contributed by atoms with Crippen molar-refractivity contribution in [1.29, 1.82) is 0 Å². The maximum Gasteiger partial charge on any atom is 0.329 e. The number of benzene rings is 1. The Morgan fingerprint density at radius 2 is 1.77 bits per heavy atom. The summed E-state index contributed by atoms with van der Waals surface area (Å²) in [5, 5.41) is 9.70. The summed E-state index contributed by atoms with van der Waals surface area (Å²) >= 11 is 0. The van der Waals surface area contributed by atoms with Crippen molar-refractivity contribution < 1.29 is 24.2 Å². The van der Waals surface area contributed by atoms with Crippen molar-refractivity contribution in [2.24, 2.45) is 5.92 Å². The Kier molecular flexibility index (Phi) is 4.26. The molecule has 1 atom stereocenters. The highest BCUT2D eigenvalue weighted by Gasteiger charge is 2.36. The van der Waals surface area contributed by atoms with Gasteiger partial charge in [0.2, 0.25) is 0 Å². The molecule has 0 fully saturated rings. The average molecular weight is 300 g/mol. The van der Waals surface area contributed by atoms with Crippen LogP contribution in [0.15, 0.2) is 30.0 Å². The van der Waals surface area contributed by atoms with Gasteiger partial charge >= 0.3 is 5.97 Å². The van der Waals surface area contributed by atoms with Crippen molar-refractivity contribution in [2.75, 3.05) is 0 Å². The first-order valence-electron chi connectivity index (χ1n) is 6.75. The molecule has 1 unspecified atom stereocenters. The first-order valence-corrected chi connectivity index (χ1v) is 6.75. The van der Waals surface area contributed by atoms with Crippen LogP contribution in [-0.4, -0.2) is 22.6 Å². The highest BCUT2D eigenvalue weighted by atomic mass is 16.5. The summed E-state index contributed by atoms with van der Waals surface area (Å²) in [6, 6.07) is 3.41. The van der Waals surface area contributed by atoms with E-state index in [1.165, 1.54) is 19.1 Å². The van der Waals surface area contributed by atoms with E-state index in [1.54, 1.807) is 26.0 Å². The van der Waals surface area contributed by atoms with Gasteiger partial charge in [-0.3, -0.25) is 14.4 Å². The second-order valence-corrected chi connectivity index (χ2v) is 5.25. The largest absolute Gasteiger partial charge is 0.507 e. The van der Waals surface area contributed by atoms with E-state index < -0.39 is 23.5 Å². The van der Waals surface area contributed by atoms with Gasteiger partial charge in [0.1, 0.15) is 11.5 Å². The topological polar surface area (TPSA) is 80.7 Å².